The van der Waals surface area contributed by atoms with Crippen molar-refractivity contribution < 1.29 is 18.5 Å². The monoisotopic (exact) mass is 359 g/mol. The summed E-state index contributed by atoms with van der Waals surface area (Å²) in [5, 5.41) is 2.71. The van der Waals surface area contributed by atoms with E-state index < -0.39 is 16.8 Å². The van der Waals surface area contributed by atoms with Crippen molar-refractivity contribution in [3.8, 4) is 0 Å². The van der Waals surface area contributed by atoms with Gasteiger partial charge in [0, 0.05) is 12.3 Å². The SMILES string of the molecule is CCS(=O)c1ccccc1C(=O)OCC(=O)NCCc1ccccc1. The van der Waals surface area contributed by atoms with Crippen LogP contribution in [-0.4, -0.2) is 35.0 Å². The zero-order chi connectivity index (χ0) is 18.1. The summed E-state index contributed by atoms with van der Waals surface area (Å²) in [7, 11) is -1.26. The number of ether oxygens (including phenoxy) is 1. The van der Waals surface area contributed by atoms with Crippen molar-refractivity contribution in [1.29, 1.82) is 0 Å². The van der Waals surface area contributed by atoms with Gasteiger partial charge in [-0.2, -0.15) is 0 Å². The van der Waals surface area contributed by atoms with Crippen molar-refractivity contribution in [1.82, 2.24) is 5.32 Å². The highest BCUT2D eigenvalue weighted by molar-refractivity contribution is 7.85. The lowest BCUT2D eigenvalue weighted by Crippen LogP contribution is -2.30. The summed E-state index contributed by atoms with van der Waals surface area (Å²) >= 11 is 0. The molecule has 0 heterocycles. The largest absolute Gasteiger partial charge is 0.452 e. The standard InChI is InChI=1S/C19H21NO4S/c1-2-25(23)17-11-7-6-10-16(17)19(22)24-14-18(21)20-13-12-15-8-4-3-5-9-15/h3-11H,2,12-14H2,1H3,(H,20,21). The third-order valence-corrected chi connectivity index (χ3v) is 4.90. The van der Waals surface area contributed by atoms with Gasteiger partial charge in [0.25, 0.3) is 5.91 Å². The molecule has 0 fully saturated rings. The molecule has 5 nitrogen and oxygen atoms in total. The van der Waals surface area contributed by atoms with Crippen LogP contribution in [0.2, 0.25) is 0 Å². The van der Waals surface area contributed by atoms with Gasteiger partial charge in [0.05, 0.1) is 21.3 Å². The van der Waals surface area contributed by atoms with Crippen molar-refractivity contribution in [3.63, 3.8) is 0 Å². The molecule has 0 saturated heterocycles. The molecule has 1 N–H and O–H groups in total. The molecule has 0 aromatic heterocycles. The fourth-order valence-electron chi connectivity index (χ4n) is 2.24. The lowest BCUT2D eigenvalue weighted by atomic mass is 10.1. The lowest BCUT2D eigenvalue weighted by Gasteiger charge is -2.09. The summed E-state index contributed by atoms with van der Waals surface area (Å²) in [6, 6.07) is 16.4. The summed E-state index contributed by atoms with van der Waals surface area (Å²) in [5.41, 5.74) is 1.36. The van der Waals surface area contributed by atoms with Crippen LogP contribution in [0.5, 0.6) is 0 Å². The van der Waals surface area contributed by atoms with Crippen LogP contribution in [0, 0.1) is 0 Å². The zero-order valence-electron chi connectivity index (χ0n) is 14.1. The van der Waals surface area contributed by atoms with E-state index in [2.05, 4.69) is 5.32 Å². The first-order chi connectivity index (χ1) is 12.1. The Bertz CT molecular complexity index is 746. The smallest absolute Gasteiger partial charge is 0.339 e. The van der Waals surface area contributed by atoms with Gasteiger partial charge in [-0.15, -0.1) is 0 Å². The molecule has 6 heteroatoms. The second kappa shape index (κ2) is 9.74. The van der Waals surface area contributed by atoms with Gasteiger partial charge in [0.15, 0.2) is 6.61 Å². The molecule has 0 saturated carbocycles. The Balaban J connectivity index is 1.82. The molecule has 0 radical (unpaired) electrons. The van der Waals surface area contributed by atoms with Crippen LogP contribution < -0.4 is 5.32 Å². The minimum absolute atomic E-state index is 0.236. The maximum absolute atomic E-state index is 12.1. The van der Waals surface area contributed by atoms with Gasteiger partial charge in [-0.3, -0.25) is 9.00 Å². The minimum atomic E-state index is -1.26. The number of hydrogen-bond donors (Lipinski definition) is 1. The van der Waals surface area contributed by atoms with Gasteiger partial charge >= 0.3 is 5.97 Å². The Morgan fingerprint density at radius 2 is 1.72 bits per heavy atom. The second-order valence-electron chi connectivity index (χ2n) is 5.29. The molecule has 0 bridgehead atoms. The van der Waals surface area contributed by atoms with Crippen molar-refractivity contribution in [2.24, 2.45) is 0 Å². The van der Waals surface area contributed by atoms with E-state index in [0.717, 1.165) is 5.56 Å². The molecule has 132 valence electrons. The molecule has 1 amide bonds. The first-order valence-electron chi connectivity index (χ1n) is 8.07. The number of carbonyl (C=O) groups excluding carboxylic acids is 2. The van der Waals surface area contributed by atoms with Gasteiger partial charge in [-0.25, -0.2) is 4.79 Å². The summed E-state index contributed by atoms with van der Waals surface area (Å²) < 4.78 is 17.0. The molecule has 0 aliphatic heterocycles. The topological polar surface area (TPSA) is 72.5 Å². The number of rotatable bonds is 8. The van der Waals surface area contributed by atoms with Gasteiger partial charge < -0.3 is 10.1 Å². The zero-order valence-corrected chi connectivity index (χ0v) is 14.9. The molecule has 1 unspecified atom stereocenters. The van der Waals surface area contributed by atoms with E-state index in [1.807, 2.05) is 30.3 Å². The fourth-order valence-corrected chi connectivity index (χ4v) is 3.18. The van der Waals surface area contributed by atoms with Crippen LogP contribution in [0.1, 0.15) is 22.8 Å². The fraction of sp³-hybridized carbons (Fsp3) is 0.263. The molecule has 2 aromatic carbocycles. The van der Waals surface area contributed by atoms with Crippen molar-refractivity contribution in [3.05, 3.63) is 65.7 Å². The normalized spacial score (nSPS) is 11.6. The molecule has 2 aromatic rings. The van der Waals surface area contributed by atoms with Crippen molar-refractivity contribution in [2.45, 2.75) is 18.2 Å². The quantitative estimate of drug-likeness (QED) is 0.734. The Labute approximate surface area is 149 Å². The Morgan fingerprint density at radius 1 is 1.04 bits per heavy atom. The van der Waals surface area contributed by atoms with E-state index in [4.69, 9.17) is 4.74 Å². The second-order valence-corrected chi connectivity index (χ2v) is 7.00. The molecule has 25 heavy (non-hydrogen) atoms. The number of hydrogen-bond acceptors (Lipinski definition) is 4. The van der Waals surface area contributed by atoms with E-state index in [-0.39, 0.29) is 18.1 Å². The molecule has 2 rings (SSSR count). The highest BCUT2D eigenvalue weighted by Gasteiger charge is 2.16. The van der Waals surface area contributed by atoms with Crippen LogP contribution in [0.4, 0.5) is 0 Å². The highest BCUT2D eigenvalue weighted by atomic mass is 32.2. The average Bonchev–Trinajstić information content (AvgIpc) is 2.66. The Kier molecular flexibility index (Phi) is 7.35. The van der Waals surface area contributed by atoms with Crippen LogP contribution >= 0.6 is 0 Å². The molecule has 1 atom stereocenters. The number of nitrogens with one attached hydrogen (secondary N) is 1. The molecule has 0 spiro atoms. The predicted molar refractivity (Wildman–Crippen MR) is 96.8 cm³/mol. The Morgan fingerprint density at radius 3 is 2.44 bits per heavy atom. The predicted octanol–water partition coefficient (Wildman–Crippen LogP) is 2.33. The average molecular weight is 359 g/mol. The van der Waals surface area contributed by atoms with E-state index in [1.54, 1.807) is 31.2 Å². The summed E-state index contributed by atoms with van der Waals surface area (Å²) in [6.45, 7) is 1.88. The number of carbonyl (C=O) groups is 2. The van der Waals surface area contributed by atoms with Crippen LogP contribution in [0.25, 0.3) is 0 Å². The minimum Gasteiger partial charge on any atom is -0.452 e. The van der Waals surface area contributed by atoms with Gasteiger partial charge in [0.2, 0.25) is 0 Å². The maximum Gasteiger partial charge on any atom is 0.339 e. The first-order valence-corrected chi connectivity index (χ1v) is 9.39. The lowest BCUT2D eigenvalue weighted by molar-refractivity contribution is -0.124. The third kappa shape index (κ3) is 5.83. The van der Waals surface area contributed by atoms with Gasteiger partial charge in [-0.1, -0.05) is 49.4 Å². The molecule has 0 aliphatic carbocycles. The molecular formula is C19H21NO4S. The third-order valence-electron chi connectivity index (χ3n) is 3.53. The summed E-state index contributed by atoms with van der Waals surface area (Å²) in [5.74, 6) is -0.599. The summed E-state index contributed by atoms with van der Waals surface area (Å²) in [6.07, 6.45) is 0.707. The van der Waals surface area contributed by atoms with Crippen LogP contribution in [0.3, 0.4) is 0 Å². The van der Waals surface area contributed by atoms with Crippen LogP contribution in [0.15, 0.2) is 59.5 Å². The van der Waals surface area contributed by atoms with Crippen molar-refractivity contribution >= 4 is 22.7 Å². The first kappa shape index (κ1) is 18.9. The number of benzene rings is 2. The van der Waals surface area contributed by atoms with E-state index in [1.165, 1.54) is 0 Å². The number of amides is 1. The maximum atomic E-state index is 12.1. The van der Waals surface area contributed by atoms with E-state index in [0.29, 0.717) is 23.6 Å². The van der Waals surface area contributed by atoms with Crippen molar-refractivity contribution in [2.75, 3.05) is 18.9 Å². The Hall–Kier alpha value is -2.47. The van der Waals surface area contributed by atoms with E-state index in [9.17, 15) is 13.8 Å². The molecular weight excluding hydrogens is 338 g/mol. The number of esters is 1. The van der Waals surface area contributed by atoms with Crippen LogP contribution in [-0.2, 0) is 26.8 Å². The van der Waals surface area contributed by atoms with Gasteiger partial charge in [0.1, 0.15) is 0 Å². The van der Waals surface area contributed by atoms with Gasteiger partial charge in [-0.05, 0) is 24.1 Å². The summed E-state index contributed by atoms with van der Waals surface area (Å²) in [4.78, 5) is 24.4. The molecule has 0 aliphatic rings. The van der Waals surface area contributed by atoms with E-state index >= 15 is 0 Å². The highest BCUT2D eigenvalue weighted by Crippen LogP contribution is 2.15.